The molecule has 0 saturated heterocycles. The smallest absolute Gasteiger partial charge is 0.312 e. The lowest BCUT2D eigenvalue weighted by Gasteiger charge is -2.39. The standard InChI is InChI=1S/C37H45NO13/c1-16-11-10-13-36(7,47)33(44)20(5)28(41)18(3)31(50-21(6)39)17(2)24(48-9)12-14-49-37(8)34(45)27-25-23(40)15-22(38-35(16)46)30(43)26(25)29(42)19(4)32(27)51-37/h10-15,17-18,20,24,28,31,33,41-42,44,47H,1-9H3,(H,38,46)/b13-10+,14-12+,16-11+/t17-,18-,20+,24+,28+,31-,33-,36-,37+/m1/s1. The van der Waals surface area contributed by atoms with E-state index in [1.165, 1.54) is 73.0 Å². The summed E-state index contributed by atoms with van der Waals surface area (Å²) in [5, 5.41) is 47.2. The number of aromatic hydroxyl groups is 1. The Morgan fingerprint density at radius 1 is 0.980 bits per heavy atom. The van der Waals surface area contributed by atoms with Crippen molar-refractivity contribution >= 4 is 29.2 Å². The van der Waals surface area contributed by atoms with Gasteiger partial charge in [0.2, 0.25) is 5.78 Å². The molecule has 5 rings (SSSR count). The number of amides is 1. The molecule has 9 atom stereocenters. The van der Waals surface area contributed by atoms with Crippen molar-refractivity contribution in [3.8, 4) is 11.5 Å². The van der Waals surface area contributed by atoms with Crippen LogP contribution in [0.5, 0.6) is 11.5 Å². The first-order chi connectivity index (χ1) is 23.7. The molecule has 4 aliphatic rings. The summed E-state index contributed by atoms with van der Waals surface area (Å²) >= 11 is 0. The topological polar surface area (TPSA) is 215 Å². The van der Waals surface area contributed by atoms with Crippen LogP contribution in [0.2, 0.25) is 0 Å². The van der Waals surface area contributed by atoms with Gasteiger partial charge >= 0.3 is 11.8 Å². The third-order valence-electron chi connectivity index (χ3n) is 9.84. The largest absolute Gasteiger partial charge is 0.507 e. The predicted octanol–water partition coefficient (Wildman–Crippen LogP) is 2.75. The number of methoxy groups -OCH3 is 1. The van der Waals surface area contributed by atoms with Crippen LogP contribution in [0, 0.1) is 24.7 Å². The molecule has 3 aliphatic heterocycles. The number of ether oxygens (including phenoxy) is 4. The fraction of sp³-hybridized carbons (Fsp3) is 0.486. The number of hydrogen-bond acceptors (Lipinski definition) is 13. The number of carbonyl (C=O) groups excluding carboxylic acids is 5. The van der Waals surface area contributed by atoms with E-state index in [-0.39, 0.29) is 22.4 Å². The molecule has 1 aromatic carbocycles. The number of nitrogens with one attached hydrogen (secondary N) is 1. The number of phenols is 1. The predicted molar refractivity (Wildman–Crippen MR) is 181 cm³/mol. The van der Waals surface area contributed by atoms with Gasteiger partial charge in [0.1, 0.15) is 23.2 Å². The molecule has 5 N–H and O–H groups in total. The zero-order valence-corrected chi connectivity index (χ0v) is 30.0. The Labute approximate surface area is 295 Å². The number of fused-ring (bicyclic) bond motifs is 14. The van der Waals surface area contributed by atoms with E-state index in [0.29, 0.717) is 0 Å². The van der Waals surface area contributed by atoms with Crippen LogP contribution in [-0.4, -0.2) is 92.6 Å². The van der Waals surface area contributed by atoms with E-state index in [1.807, 2.05) is 0 Å². The fourth-order valence-electron chi connectivity index (χ4n) is 6.65. The second-order valence-electron chi connectivity index (χ2n) is 13.7. The molecule has 1 aromatic rings. The lowest BCUT2D eigenvalue weighted by Crippen LogP contribution is -2.50. The minimum Gasteiger partial charge on any atom is -0.507 e. The Morgan fingerprint density at radius 3 is 2.24 bits per heavy atom. The number of allylic oxidation sites excluding steroid dienone is 4. The van der Waals surface area contributed by atoms with Gasteiger partial charge in [-0.15, -0.1) is 0 Å². The van der Waals surface area contributed by atoms with Crippen LogP contribution in [0.15, 0.2) is 47.9 Å². The monoisotopic (exact) mass is 711 g/mol. The molecule has 0 aromatic heterocycles. The average molecular weight is 712 g/mol. The summed E-state index contributed by atoms with van der Waals surface area (Å²) in [6.45, 7) is 11.4. The number of phenolic OH excluding ortho intramolecular Hbond substituents is 1. The van der Waals surface area contributed by atoms with E-state index < -0.39 is 105 Å². The van der Waals surface area contributed by atoms with Gasteiger partial charge in [-0.05, 0) is 26.8 Å². The Kier molecular flexibility index (Phi) is 11.2. The van der Waals surface area contributed by atoms with E-state index in [4.69, 9.17) is 18.9 Å². The Bertz CT molecular complexity index is 1770. The third-order valence-corrected chi connectivity index (χ3v) is 9.84. The molecule has 1 aliphatic carbocycles. The Balaban J connectivity index is 1.85. The lowest BCUT2D eigenvalue weighted by atomic mass is 9.77. The SMILES string of the molecule is CO[C@H]1/C=C/O[C@@]2(C)Oc3c(C)c(O)c4c(c3C2=O)C(=O)C=C(NC(=O)/C(C)=C/C=C/[C@@](C)(O)[C@H](O)[C@@H](C)[C@@H](O)[C@@H](C)[C@H](OC(C)=O)[C@@H]1C)C4=O. The van der Waals surface area contributed by atoms with E-state index in [2.05, 4.69) is 5.32 Å². The molecule has 14 nitrogen and oxygen atoms in total. The van der Waals surface area contributed by atoms with Crippen LogP contribution in [-0.2, 0) is 23.8 Å². The van der Waals surface area contributed by atoms with E-state index in [0.717, 1.165) is 12.3 Å². The van der Waals surface area contributed by atoms with E-state index >= 15 is 0 Å². The Hall–Kier alpha value is -4.63. The first-order valence-electron chi connectivity index (χ1n) is 16.4. The quantitative estimate of drug-likeness (QED) is 0.280. The van der Waals surface area contributed by atoms with Crippen LogP contribution in [0.3, 0.4) is 0 Å². The summed E-state index contributed by atoms with van der Waals surface area (Å²) in [4.78, 5) is 66.3. The highest BCUT2D eigenvalue weighted by Crippen LogP contribution is 2.48. The third kappa shape index (κ3) is 7.27. The highest BCUT2D eigenvalue weighted by atomic mass is 16.7. The van der Waals surface area contributed by atoms with Crippen LogP contribution in [0.25, 0.3) is 0 Å². The number of esters is 1. The molecule has 3 heterocycles. The molecule has 0 radical (unpaired) electrons. The van der Waals surface area contributed by atoms with Crippen LogP contribution >= 0.6 is 0 Å². The van der Waals surface area contributed by atoms with Crippen molar-refractivity contribution in [1.29, 1.82) is 0 Å². The summed E-state index contributed by atoms with van der Waals surface area (Å²) in [5.74, 6) is -9.29. The maximum atomic E-state index is 13.9. The second-order valence-corrected chi connectivity index (χ2v) is 13.7. The number of aliphatic hydroxyl groups is 3. The van der Waals surface area contributed by atoms with Gasteiger partial charge in [0.25, 0.3) is 11.7 Å². The zero-order chi connectivity index (χ0) is 38.3. The van der Waals surface area contributed by atoms with E-state index in [9.17, 15) is 44.4 Å². The molecule has 276 valence electrons. The highest BCUT2D eigenvalue weighted by Gasteiger charge is 2.52. The van der Waals surface area contributed by atoms with Crippen molar-refractivity contribution in [2.45, 2.75) is 91.2 Å². The van der Waals surface area contributed by atoms with Gasteiger partial charge in [-0.3, -0.25) is 24.0 Å². The first kappa shape index (κ1) is 39.2. The molecule has 0 spiro atoms. The van der Waals surface area contributed by atoms with Gasteiger partial charge < -0.3 is 44.7 Å². The number of carbonyl (C=O) groups is 5. The van der Waals surface area contributed by atoms with Gasteiger partial charge in [0.15, 0.2) is 5.78 Å². The summed E-state index contributed by atoms with van der Waals surface area (Å²) < 4.78 is 23.0. The van der Waals surface area contributed by atoms with Gasteiger partial charge in [-0.25, -0.2) is 0 Å². The maximum absolute atomic E-state index is 13.9. The minimum absolute atomic E-state index is 0.0162. The summed E-state index contributed by atoms with van der Waals surface area (Å²) in [6.07, 6.45) is 2.56. The molecular weight excluding hydrogens is 666 g/mol. The van der Waals surface area contributed by atoms with Crippen molar-refractivity contribution in [1.82, 2.24) is 5.32 Å². The molecule has 0 unspecified atom stereocenters. The molecule has 5 bridgehead atoms. The van der Waals surface area contributed by atoms with Crippen LogP contribution in [0.1, 0.15) is 85.1 Å². The van der Waals surface area contributed by atoms with E-state index in [1.54, 1.807) is 13.8 Å². The van der Waals surface area contributed by atoms with Crippen molar-refractivity contribution in [2.75, 3.05) is 7.11 Å². The number of ketones is 3. The zero-order valence-electron chi connectivity index (χ0n) is 30.0. The van der Waals surface area contributed by atoms with Crippen LogP contribution < -0.4 is 10.1 Å². The van der Waals surface area contributed by atoms with Gasteiger partial charge in [-0.2, -0.15) is 0 Å². The number of aliphatic hydroxyl groups excluding tert-OH is 2. The highest BCUT2D eigenvalue weighted by molar-refractivity contribution is 6.30. The molecule has 0 saturated carbocycles. The summed E-state index contributed by atoms with van der Waals surface area (Å²) in [5.41, 5.74) is -3.51. The maximum Gasteiger partial charge on any atom is 0.312 e. The first-order valence-corrected chi connectivity index (χ1v) is 16.4. The van der Waals surface area contributed by atoms with Gasteiger partial charge in [0, 0.05) is 55.9 Å². The molecule has 51 heavy (non-hydrogen) atoms. The number of hydrogen-bond donors (Lipinski definition) is 5. The average Bonchev–Trinajstić information content (AvgIpc) is 3.33. The minimum atomic E-state index is -2.06. The van der Waals surface area contributed by atoms with Gasteiger partial charge in [-0.1, -0.05) is 39.0 Å². The summed E-state index contributed by atoms with van der Waals surface area (Å²) in [6, 6.07) is 0. The number of benzene rings is 1. The van der Waals surface area contributed by atoms with Gasteiger partial charge in [0.05, 0.1) is 47.0 Å². The van der Waals surface area contributed by atoms with Crippen molar-refractivity contribution in [2.24, 2.45) is 17.8 Å². The number of rotatable bonds is 2. The second kappa shape index (κ2) is 14.5. The Morgan fingerprint density at radius 2 is 1.63 bits per heavy atom. The lowest BCUT2D eigenvalue weighted by molar-refractivity contribution is -0.162. The van der Waals surface area contributed by atoms with Crippen molar-refractivity contribution in [3.63, 3.8) is 0 Å². The summed E-state index contributed by atoms with van der Waals surface area (Å²) in [7, 11) is 1.39. The molecular formula is C37H45NO13. The van der Waals surface area contributed by atoms with Crippen molar-refractivity contribution < 1.29 is 63.3 Å². The fourth-order valence-corrected chi connectivity index (χ4v) is 6.65. The molecule has 0 fully saturated rings. The molecule has 14 heteroatoms. The van der Waals surface area contributed by atoms with Crippen molar-refractivity contribution in [3.05, 3.63) is 70.2 Å². The molecule has 1 amide bonds. The normalized spacial score (nSPS) is 35.5. The number of Topliss-reactive ketones (excluding diaryl/α,β-unsaturated/α-hetero) is 2. The van der Waals surface area contributed by atoms with Crippen LogP contribution in [0.4, 0.5) is 0 Å².